The minimum Gasteiger partial charge on any atom is -0.465 e. The Morgan fingerprint density at radius 2 is 1.59 bits per heavy atom. The number of hydrogen-bond donors (Lipinski definition) is 2. The maximum absolute atomic E-state index is 15.3. The highest BCUT2D eigenvalue weighted by Crippen LogP contribution is 2.71. The van der Waals surface area contributed by atoms with Crippen LogP contribution < -0.4 is 0 Å². The number of alkyl halides is 5. The van der Waals surface area contributed by atoms with Gasteiger partial charge in [0, 0.05) is 29.6 Å². The van der Waals surface area contributed by atoms with Gasteiger partial charge in [0.15, 0.2) is 5.79 Å². The molecule has 44 heavy (non-hydrogen) atoms. The molecule has 3 unspecified atom stereocenters. The summed E-state index contributed by atoms with van der Waals surface area (Å²) in [4.78, 5) is 12.1. The van der Waals surface area contributed by atoms with Gasteiger partial charge in [-0.05, 0) is 73.6 Å². The Kier molecular flexibility index (Phi) is 7.22. The number of rotatable bonds is 3. The van der Waals surface area contributed by atoms with E-state index in [9.17, 15) is 28.2 Å². The normalized spacial score (nSPS) is 38.1. The van der Waals surface area contributed by atoms with Crippen molar-refractivity contribution in [3.8, 4) is 0 Å². The number of esters is 1. The number of allylic oxidation sites excluding steroid dienone is 1. The van der Waals surface area contributed by atoms with Crippen molar-refractivity contribution >= 4 is 5.97 Å². The number of hydrogen-bond acceptors (Lipinski definition) is 6. The molecule has 6 nitrogen and oxygen atoms in total. The van der Waals surface area contributed by atoms with Crippen LogP contribution in [0.1, 0.15) is 94.0 Å². The second-order valence-electron chi connectivity index (χ2n) is 14.8. The molecule has 1 aromatic rings. The Morgan fingerprint density at radius 1 is 0.955 bits per heavy atom. The number of halogens is 5. The number of ether oxygens (including phenoxy) is 3. The number of carbonyl (C=O) groups excluding carboxylic acids is 1. The van der Waals surface area contributed by atoms with Gasteiger partial charge in [-0.15, -0.1) is 0 Å². The summed E-state index contributed by atoms with van der Waals surface area (Å²) < 4.78 is 89.3. The Morgan fingerprint density at radius 3 is 2.18 bits per heavy atom. The first-order chi connectivity index (χ1) is 20.3. The van der Waals surface area contributed by atoms with E-state index in [1.807, 2.05) is 13.8 Å². The molecule has 4 aliphatic carbocycles. The van der Waals surface area contributed by atoms with Crippen LogP contribution in [-0.4, -0.2) is 65.6 Å². The highest BCUT2D eigenvalue weighted by molar-refractivity contribution is 5.89. The monoisotopic (exact) mass is 628 g/mol. The Balaban J connectivity index is 1.46. The summed E-state index contributed by atoms with van der Waals surface area (Å²) >= 11 is 0. The zero-order valence-electron chi connectivity index (χ0n) is 25.5. The third-order valence-electron chi connectivity index (χ3n) is 11.6. The lowest BCUT2D eigenvalue weighted by atomic mass is 9.49. The van der Waals surface area contributed by atoms with Gasteiger partial charge < -0.3 is 24.4 Å². The molecule has 1 heterocycles. The lowest BCUT2D eigenvalue weighted by Crippen LogP contribution is -2.65. The first-order valence-electron chi connectivity index (χ1n) is 15.4. The molecule has 0 radical (unpaired) electrons. The lowest BCUT2D eigenvalue weighted by molar-refractivity contribution is -0.362. The predicted molar refractivity (Wildman–Crippen MR) is 149 cm³/mol. The van der Waals surface area contributed by atoms with Gasteiger partial charge in [0.2, 0.25) is 0 Å². The topological polar surface area (TPSA) is 85.2 Å². The van der Waals surface area contributed by atoms with E-state index in [4.69, 9.17) is 14.2 Å². The number of carbonyl (C=O) groups is 1. The van der Waals surface area contributed by atoms with Crippen molar-refractivity contribution in [2.45, 2.75) is 107 Å². The fraction of sp³-hybridized carbons (Fsp3) is 0.727. The van der Waals surface area contributed by atoms with Crippen LogP contribution in [0.25, 0.3) is 0 Å². The molecule has 244 valence electrons. The Bertz CT molecular complexity index is 1350. The molecule has 1 aromatic carbocycles. The molecule has 1 saturated heterocycles. The standard InChI is InChI=1S/C33H41F5O6/c1-27(2)17-43-30(44-18-27)13-10-24-25-21(9-12-29(24,40)16-30)23-11-14-31(41,32(34,35)33(36,37)38)28(23,3)15-22(25)19-5-7-20(8-6-19)26(39)42-4/h5-8,21-23,40-41H,9-18H2,1-4H3/t21?,22-,23?,28?,29-,31+/m1/s1. The molecular weight excluding hydrogens is 587 g/mol. The number of aliphatic hydroxyl groups is 2. The minimum atomic E-state index is -5.92. The van der Waals surface area contributed by atoms with Gasteiger partial charge in [-0.3, -0.25) is 0 Å². The number of fused-ring (bicyclic) bond motifs is 4. The third kappa shape index (κ3) is 4.50. The van der Waals surface area contributed by atoms with E-state index < -0.39 is 64.6 Å². The second kappa shape index (κ2) is 9.96. The van der Waals surface area contributed by atoms with Crippen molar-refractivity contribution in [3.05, 3.63) is 46.5 Å². The van der Waals surface area contributed by atoms with Crippen LogP contribution in [0.2, 0.25) is 0 Å². The van der Waals surface area contributed by atoms with Crippen molar-refractivity contribution in [3.63, 3.8) is 0 Å². The maximum atomic E-state index is 15.3. The van der Waals surface area contributed by atoms with Gasteiger partial charge >= 0.3 is 18.1 Å². The molecule has 11 heteroatoms. The molecule has 4 fully saturated rings. The summed E-state index contributed by atoms with van der Waals surface area (Å²) in [5, 5.41) is 23.7. The molecular formula is C33H41F5O6. The molecule has 3 saturated carbocycles. The fourth-order valence-electron chi connectivity index (χ4n) is 9.28. The van der Waals surface area contributed by atoms with Crippen LogP contribution in [0, 0.1) is 22.7 Å². The quantitative estimate of drug-likeness (QED) is 0.220. The molecule has 0 amide bonds. The molecule has 1 aliphatic heterocycles. The summed E-state index contributed by atoms with van der Waals surface area (Å²) in [5.74, 6) is -8.55. The van der Waals surface area contributed by atoms with Crippen LogP contribution in [0.3, 0.4) is 0 Å². The summed E-state index contributed by atoms with van der Waals surface area (Å²) in [6.07, 6.45) is -5.02. The fourth-order valence-corrected chi connectivity index (χ4v) is 9.28. The Hall–Kier alpha value is -2.08. The molecule has 2 N–H and O–H groups in total. The third-order valence-corrected chi connectivity index (χ3v) is 11.6. The largest absolute Gasteiger partial charge is 0.465 e. The first kappa shape index (κ1) is 31.9. The summed E-state index contributed by atoms with van der Waals surface area (Å²) in [6.45, 7) is 6.40. The van der Waals surface area contributed by atoms with E-state index in [1.54, 1.807) is 12.1 Å². The van der Waals surface area contributed by atoms with Crippen LogP contribution in [0.5, 0.6) is 0 Å². The van der Waals surface area contributed by atoms with Crippen LogP contribution in [-0.2, 0) is 14.2 Å². The lowest BCUT2D eigenvalue weighted by Gasteiger charge is -2.59. The summed E-state index contributed by atoms with van der Waals surface area (Å²) in [7, 11) is 1.25. The molecule has 5 aliphatic rings. The van der Waals surface area contributed by atoms with E-state index in [2.05, 4.69) is 0 Å². The first-order valence-corrected chi connectivity index (χ1v) is 15.4. The average Bonchev–Trinajstić information content (AvgIpc) is 3.24. The van der Waals surface area contributed by atoms with E-state index >= 15 is 8.78 Å². The van der Waals surface area contributed by atoms with Crippen molar-refractivity contribution in [2.75, 3.05) is 20.3 Å². The molecule has 6 rings (SSSR count). The van der Waals surface area contributed by atoms with Crippen molar-refractivity contribution in [1.29, 1.82) is 0 Å². The van der Waals surface area contributed by atoms with E-state index in [0.717, 1.165) is 11.1 Å². The SMILES string of the molecule is COC(=O)c1ccc([C@H]2CC3(C)C(CC[C@@]3(O)C(F)(F)C(F)(F)F)C3CC[C@@]4(O)CC5(CCC4=C32)OCC(C)(C)CO5)cc1. The van der Waals surface area contributed by atoms with Gasteiger partial charge in [0.05, 0.1) is 31.5 Å². The highest BCUT2D eigenvalue weighted by atomic mass is 19.4. The molecule has 1 spiro atoms. The van der Waals surface area contributed by atoms with Crippen molar-refractivity contribution < 1.29 is 51.2 Å². The van der Waals surface area contributed by atoms with Gasteiger partial charge in [0.1, 0.15) is 5.60 Å². The maximum Gasteiger partial charge on any atom is 0.456 e. The number of benzene rings is 1. The zero-order chi connectivity index (χ0) is 32.1. The van der Waals surface area contributed by atoms with Crippen LogP contribution in [0.4, 0.5) is 22.0 Å². The van der Waals surface area contributed by atoms with Crippen LogP contribution >= 0.6 is 0 Å². The average molecular weight is 629 g/mol. The smallest absolute Gasteiger partial charge is 0.456 e. The van der Waals surface area contributed by atoms with Crippen molar-refractivity contribution in [2.24, 2.45) is 22.7 Å². The summed E-state index contributed by atoms with van der Waals surface area (Å²) in [6, 6.07) is 6.40. The van der Waals surface area contributed by atoms with Gasteiger partial charge in [0.25, 0.3) is 0 Å². The van der Waals surface area contributed by atoms with Gasteiger partial charge in [-0.2, -0.15) is 22.0 Å². The summed E-state index contributed by atoms with van der Waals surface area (Å²) in [5.41, 5.74) is -4.03. The highest BCUT2D eigenvalue weighted by Gasteiger charge is 2.79. The Labute approximate surface area is 253 Å². The molecule has 6 atom stereocenters. The van der Waals surface area contributed by atoms with Gasteiger partial charge in [-0.1, -0.05) is 38.5 Å². The van der Waals surface area contributed by atoms with E-state index in [1.165, 1.54) is 26.2 Å². The predicted octanol–water partition coefficient (Wildman–Crippen LogP) is 6.70. The molecule has 0 aromatic heterocycles. The minimum absolute atomic E-state index is 0.0117. The van der Waals surface area contributed by atoms with Gasteiger partial charge in [-0.25, -0.2) is 4.79 Å². The van der Waals surface area contributed by atoms with Crippen LogP contribution in [0.15, 0.2) is 35.4 Å². The van der Waals surface area contributed by atoms with E-state index in [0.29, 0.717) is 38.0 Å². The van der Waals surface area contributed by atoms with E-state index in [-0.39, 0.29) is 36.7 Å². The number of methoxy groups -OCH3 is 1. The zero-order valence-corrected chi connectivity index (χ0v) is 25.5. The second-order valence-corrected chi connectivity index (χ2v) is 14.8. The molecule has 0 bridgehead atoms. The van der Waals surface area contributed by atoms with Crippen molar-refractivity contribution in [1.82, 2.24) is 0 Å².